The fourth-order valence-electron chi connectivity index (χ4n) is 8.12. The molecular weight excluding hydrogens is 519 g/mol. The van der Waals surface area contributed by atoms with E-state index in [0.29, 0.717) is 53.5 Å². The molecule has 214 valence electrons. The molecule has 0 aliphatic carbocycles. The standard InChI is InChI=1S/C33H37FN4O3/c1-2-24-27(34)8-5-20-13-23(39)14-25(31(20)24)28-15-26-29(41-28)16-30(40-19-33-9-3-11-38(33)12-4-10-33)36-32(26)37-17-21-6-7-22(18-37)35-21/h5,8,13-16,21-22,35,39H,2-4,6-7,9-12,17-19H2,1H3. The fourth-order valence-corrected chi connectivity index (χ4v) is 8.12. The summed E-state index contributed by atoms with van der Waals surface area (Å²) >= 11 is 0. The monoisotopic (exact) mass is 556 g/mol. The van der Waals surface area contributed by atoms with Gasteiger partial charge in [0.15, 0.2) is 0 Å². The van der Waals surface area contributed by atoms with Crippen molar-refractivity contribution in [3.05, 3.63) is 47.8 Å². The van der Waals surface area contributed by atoms with Crippen LogP contribution >= 0.6 is 0 Å². The number of nitrogens with zero attached hydrogens (tertiary/aromatic N) is 3. The molecule has 4 fully saturated rings. The van der Waals surface area contributed by atoms with Gasteiger partial charge in [-0.2, -0.15) is 4.98 Å². The summed E-state index contributed by atoms with van der Waals surface area (Å²) in [6.07, 6.45) is 7.69. The molecule has 4 aliphatic rings. The third-order valence-electron chi connectivity index (χ3n) is 10.1. The lowest BCUT2D eigenvalue weighted by Gasteiger charge is -2.34. The maximum absolute atomic E-state index is 14.9. The van der Waals surface area contributed by atoms with Crippen LogP contribution in [0, 0.1) is 5.82 Å². The number of fused-ring (bicyclic) bond motifs is 5. The Labute approximate surface area is 239 Å². The van der Waals surface area contributed by atoms with E-state index in [4.69, 9.17) is 14.1 Å². The van der Waals surface area contributed by atoms with Crippen molar-refractivity contribution in [1.29, 1.82) is 0 Å². The third kappa shape index (κ3) is 4.17. The molecule has 0 amide bonds. The van der Waals surface area contributed by atoms with E-state index in [9.17, 15) is 9.50 Å². The molecule has 4 saturated heterocycles. The molecule has 0 radical (unpaired) electrons. The molecule has 2 atom stereocenters. The first kappa shape index (κ1) is 25.4. The number of hydrogen-bond acceptors (Lipinski definition) is 7. The first-order valence-corrected chi connectivity index (χ1v) is 15.3. The Balaban J connectivity index is 1.25. The van der Waals surface area contributed by atoms with Crippen molar-refractivity contribution < 1.29 is 18.7 Å². The summed E-state index contributed by atoms with van der Waals surface area (Å²) in [5, 5.41) is 16.8. The topological polar surface area (TPSA) is 74.0 Å². The number of furan rings is 1. The summed E-state index contributed by atoms with van der Waals surface area (Å²) in [4.78, 5) is 10.1. The van der Waals surface area contributed by atoms with Crippen molar-refractivity contribution in [2.24, 2.45) is 0 Å². The Morgan fingerprint density at radius 3 is 2.63 bits per heavy atom. The Hall–Kier alpha value is -3.36. The van der Waals surface area contributed by atoms with Gasteiger partial charge in [-0.3, -0.25) is 4.90 Å². The van der Waals surface area contributed by atoms with E-state index in [0.717, 1.165) is 48.2 Å². The van der Waals surface area contributed by atoms with Gasteiger partial charge < -0.3 is 24.5 Å². The van der Waals surface area contributed by atoms with Crippen LogP contribution in [-0.2, 0) is 6.42 Å². The van der Waals surface area contributed by atoms with E-state index >= 15 is 0 Å². The normalized spacial score (nSPS) is 23.6. The zero-order valence-corrected chi connectivity index (χ0v) is 23.6. The third-order valence-corrected chi connectivity index (χ3v) is 10.1. The number of aromatic nitrogens is 1. The van der Waals surface area contributed by atoms with Gasteiger partial charge in [-0.25, -0.2) is 4.39 Å². The molecule has 6 heterocycles. The molecule has 2 bridgehead atoms. The lowest BCUT2D eigenvalue weighted by atomic mass is 9.95. The van der Waals surface area contributed by atoms with Gasteiger partial charge in [-0.05, 0) is 98.6 Å². The van der Waals surface area contributed by atoms with Crippen LogP contribution < -0.4 is 15.0 Å². The molecule has 41 heavy (non-hydrogen) atoms. The summed E-state index contributed by atoms with van der Waals surface area (Å²) in [6.45, 7) is 6.68. The van der Waals surface area contributed by atoms with E-state index in [2.05, 4.69) is 15.1 Å². The first-order chi connectivity index (χ1) is 20.0. The number of anilines is 1. The van der Waals surface area contributed by atoms with Crippen molar-refractivity contribution in [3.8, 4) is 23.0 Å². The zero-order valence-electron chi connectivity index (χ0n) is 23.6. The minimum Gasteiger partial charge on any atom is -0.508 e. The quantitative estimate of drug-likeness (QED) is 0.302. The molecule has 0 saturated carbocycles. The highest BCUT2D eigenvalue weighted by Gasteiger charge is 2.45. The number of phenolic OH excluding ortho intramolecular Hbond substituents is 1. The highest BCUT2D eigenvalue weighted by Crippen LogP contribution is 2.43. The van der Waals surface area contributed by atoms with Crippen LogP contribution in [0.1, 0.15) is 51.0 Å². The lowest BCUT2D eigenvalue weighted by Crippen LogP contribution is -2.51. The van der Waals surface area contributed by atoms with Gasteiger partial charge in [0.25, 0.3) is 0 Å². The predicted molar refractivity (Wildman–Crippen MR) is 158 cm³/mol. The molecule has 2 aromatic heterocycles. The van der Waals surface area contributed by atoms with Crippen LogP contribution in [-0.4, -0.2) is 65.4 Å². The van der Waals surface area contributed by atoms with Crippen LogP contribution in [0.3, 0.4) is 0 Å². The van der Waals surface area contributed by atoms with Crippen molar-refractivity contribution in [1.82, 2.24) is 15.2 Å². The Kier molecular flexibility index (Phi) is 5.94. The molecule has 4 aliphatic heterocycles. The largest absolute Gasteiger partial charge is 0.508 e. The van der Waals surface area contributed by atoms with Crippen LogP contribution in [0.25, 0.3) is 33.1 Å². The molecule has 2 unspecified atom stereocenters. The molecule has 4 aromatic rings. The second kappa shape index (κ2) is 9.60. The Morgan fingerprint density at radius 2 is 1.88 bits per heavy atom. The fraction of sp³-hybridized carbons (Fsp3) is 0.485. The number of ether oxygens (including phenoxy) is 1. The summed E-state index contributed by atoms with van der Waals surface area (Å²) < 4.78 is 28.0. The molecule has 8 heteroatoms. The van der Waals surface area contributed by atoms with Crippen LogP contribution in [0.15, 0.2) is 40.8 Å². The summed E-state index contributed by atoms with van der Waals surface area (Å²) in [5.41, 5.74) is 2.13. The van der Waals surface area contributed by atoms with Crippen molar-refractivity contribution in [3.63, 3.8) is 0 Å². The summed E-state index contributed by atoms with van der Waals surface area (Å²) in [7, 11) is 0. The maximum Gasteiger partial charge on any atom is 0.219 e. The molecule has 8 rings (SSSR count). The van der Waals surface area contributed by atoms with Crippen LogP contribution in [0.4, 0.5) is 10.2 Å². The first-order valence-electron chi connectivity index (χ1n) is 15.3. The van der Waals surface area contributed by atoms with Crippen LogP contribution in [0.5, 0.6) is 11.6 Å². The number of rotatable bonds is 6. The number of phenols is 1. The van der Waals surface area contributed by atoms with Gasteiger partial charge in [0.2, 0.25) is 5.88 Å². The molecular formula is C33H37FN4O3. The van der Waals surface area contributed by atoms with Crippen LogP contribution in [0.2, 0.25) is 0 Å². The smallest absolute Gasteiger partial charge is 0.219 e. The second-order valence-corrected chi connectivity index (χ2v) is 12.5. The summed E-state index contributed by atoms with van der Waals surface area (Å²) in [6, 6.07) is 11.4. The van der Waals surface area contributed by atoms with E-state index in [1.165, 1.54) is 44.6 Å². The molecule has 0 spiro atoms. The van der Waals surface area contributed by atoms with Gasteiger partial charge in [0.05, 0.1) is 10.9 Å². The Morgan fingerprint density at radius 1 is 1.10 bits per heavy atom. The van der Waals surface area contributed by atoms with Crippen molar-refractivity contribution in [2.75, 3.05) is 37.7 Å². The summed E-state index contributed by atoms with van der Waals surface area (Å²) in [5.74, 6) is 1.94. The predicted octanol–water partition coefficient (Wildman–Crippen LogP) is 6.00. The lowest BCUT2D eigenvalue weighted by molar-refractivity contribution is 0.111. The number of nitrogens with one attached hydrogen (secondary N) is 1. The van der Waals surface area contributed by atoms with E-state index in [1.807, 2.05) is 19.1 Å². The minimum atomic E-state index is -0.246. The van der Waals surface area contributed by atoms with Gasteiger partial charge in [-0.15, -0.1) is 0 Å². The van der Waals surface area contributed by atoms with E-state index < -0.39 is 0 Å². The van der Waals surface area contributed by atoms with Crippen molar-refractivity contribution in [2.45, 2.75) is 69.5 Å². The number of pyridine rings is 1. The number of aryl methyl sites for hydroxylation is 1. The number of aromatic hydroxyl groups is 1. The zero-order chi connectivity index (χ0) is 27.7. The van der Waals surface area contributed by atoms with Gasteiger partial charge in [-0.1, -0.05) is 13.0 Å². The number of piperazine rings is 1. The second-order valence-electron chi connectivity index (χ2n) is 12.5. The van der Waals surface area contributed by atoms with Gasteiger partial charge in [0, 0.05) is 36.8 Å². The molecule has 7 nitrogen and oxygen atoms in total. The Bertz CT molecular complexity index is 1630. The molecule has 2 aromatic carbocycles. The van der Waals surface area contributed by atoms with Crippen molar-refractivity contribution >= 4 is 27.6 Å². The van der Waals surface area contributed by atoms with Gasteiger partial charge in [0.1, 0.15) is 35.3 Å². The number of hydrogen-bond donors (Lipinski definition) is 2. The van der Waals surface area contributed by atoms with E-state index in [1.54, 1.807) is 18.2 Å². The average molecular weight is 557 g/mol. The minimum absolute atomic E-state index is 0.125. The molecule has 2 N–H and O–H groups in total. The highest BCUT2D eigenvalue weighted by molar-refractivity contribution is 6.02. The average Bonchev–Trinajstić information content (AvgIpc) is 3.74. The van der Waals surface area contributed by atoms with E-state index in [-0.39, 0.29) is 17.1 Å². The SMILES string of the molecule is CCc1c(F)ccc2cc(O)cc(-c3cc4c(N5CC6CCC(C5)N6)nc(OCC56CCCN5CCC6)cc4o3)c12. The highest BCUT2D eigenvalue weighted by atomic mass is 19.1. The van der Waals surface area contributed by atoms with Gasteiger partial charge >= 0.3 is 0 Å². The number of halogens is 1. The maximum atomic E-state index is 14.9. The number of benzene rings is 2.